The minimum absolute atomic E-state index is 0.0717. The number of aliphatic carboxylic acids is 1. The third kappa shape index (κ3) is 4.40. The minimum Gasteiger partial charge on any atom is -0.481 e. The van der Waals surface area contributed by atoms with Gasteiger partial charge < -0.3 is 15.6 Å². The number of halogens is 1. The number of rotatable bonds is 7. The molecule has 3 N–H and O–H groups in total. The summed E-state index contributed by atoms with van der Waals surface area (Å²) in [4.78, 5) is 24.3. The molecule has 0 saturated heterocycles. The second kappa shape index (κ2) is 9.04. The van der Waals surface area contributed by atoms with E-state index < -0.39 is 23.9 Å². The van der Waals surface area contributed by atoms with Gasteiger partial charge in [-0.2, -0.15) is 0 Å². The zero-order chi connectivity index (χ0) is 22.0. The van der Waals surface area contributed by atoms with Gasteiger partial charge in [0.15, 0.2) is 0 Å². The Hall–Kier alpha value is -2.96. The number of esters is 1. The summed E-state index contributed by atoms with van der Waals surface area (Å²) in [6.07, 6.45) is -0.328. The van der Waals surface area contributed by atoms with Crippen molar-refractivity contribution in [3.8, 4) is 11.1 Å². The second-order valence-corrected chi connectivity index (χ2v) is 8.56. The van der Waals surface area contributed by atoms with E-state index in [2.05, 4.69) is 40.2 Å². The van der Waals surface area contributed by atoms with Crippen LogP contribution in [-0.4, -0.2) is 29.7 Å². The highest BCUT2D eigenvalue weighted by molar-refractivity contribution is 9.10. The Balaban J connectivity index is 1.58. The number of carbonyl (C=O) groups is 2. The van der Waals surface area contributed by atoms with Crippen LogP contribution in [0.15, 0.2) is 77.3 Å². The lowest BCUT2D eigenvalue weighted by atomic mass is 9.90. The van der Waals surface area contributed by atoms with E-state index in [0.29, 0.717) is 5.56 Å². The first-order valence-corrected chi connectivity index (χ1v) is 10.8. The first kappa shape index (κ1) is 21.3. The molecule has 1 aliphatic carbocycles. The molecular formula is C25H22BrNO4. The Morgan fingerprint density at radius 1 is 0.935 bits per heavy atom. The molecule has 0 aromatic heterocycles. The van der Waals surface area contributed by atoms with E-state index in [-0.39, 0.29) is 18.9 Å². The van der Waals surface area contributed by atoms with Gasteiger partial charge in [0.1, 0.15) is 6.61 Å². The maximum atomic E-state index is 13.1. The molecule has 0 fully saturated rings. The van der Waals surface area contributed by atoms with Crippen LogP contribution in [0.25, 0.3) is 11.1 Å². The molecule has 0 amide bonds. The van der Waals surface area contributed by atoms with Gasteiger partial charge in [0.05, 0.1) is 12.3 Å². The normalized spacial score (nSPS) is 14.4. The van der Waals surface area contributed by atoms with Crippen LogP contribution in [0.2, 0.25) is 0 Å². The lowest BCUT2D eigenvalue weighted by Gasteiger charge is -2.23. The number of carboxylic acids is 1. The highest BCUT2D eigenvalue weighted by atomic mass is 79.9. The van der Waals surface area contributed by atoms with Crippen molar-refractivity contribution in [1.29, 1.82) is 0 Å². The molecule has 0 bridgehead atoms. The average Bonchev–Trinajstić information content (AvgIpc) is 3.07. The molecule has 0 saturated carbocycles. The Morgan fingerprint density at radius 3 is 2.03 bits per heavy atom. The van der Waals surface area contributed by atoms with E-state index in [9.17, 15) is 14.7 Å². The van der Waals surface area contributed by atoms with Crippen molar-refractivity contribution in [1.82, 2.24) is 0 Å². The third-order valence-corrected chi connectivity index (χ3v) is 6.21. The van der Waals surface area contributed by atoms with Crippen molar-refractivity contribution in [3.05, 3.63) is 94.0 Å². The molecule has 6 heteroatoms. The molecular weight excluding hydrogens is 458 g/mol. The van der Waals surface area contributed by atoms with Gasteiger partial charge in [-0.1, -0.05) is 76.6 Å². The maximum absolute atomic E-state index is 13.1. The van der Waals surface area contributed by atoms with Crippen molar-refractivity contribution in [2.45, 2.75) is 24.3 Å². The first-order valence-electron chi connectivity index (χ1n) is 10.0. The number of nitrogens with two attached hydrogens (primary N) is 1. The fourth-order valence-corrected chi connectivity index (χ4v) is 4.51. The molecule has 3 aromatic rings. The van der Waals surface area contributed by atoms with Crippen molar-refractivity contribution in [2.24, 2.45) is 5.73 Å². The fraction of sp³-hybridized carbons (Fsp3) is 0.200. The summed E-state index contributed by atoms with van der Waals surface area (Å²) in [7, 11) is 0. The van der Waals surface area contributed by atoms with Crippen LogP contribution >= 0.6 is 15.9 Å². The number of carbonyl (C=O) groups excluding carboxylic acids is 1. The smallest absolute Gasteiger partial charge is 0.315 e. The summed E-state index contributed by atoms with van der Waals surface area (Å²) in [5, 5.41) is 9.19. The molecule has 0 heterocycles. The molecule has 0 unspecified atom stereocenters. The van der Waals surface area contributed by atoms with Gasteiger partial charge in [-0.3, -0.25) is 9.59 Å². The van der Waals surface area contributed by atoms with Crippen LogP contribution in [0.3, 0.4) is 0 Å². The minimum atomic E-state index is -1.05. The van der Waals surface area contributed by atoms with Crippen LogP contribution in [0.5, 0.6) is 0 Å². The summed E-state index contributed by atoms with van der Waals surface area (Å²) in [6.45, 7) is 0.166. The number of benzene rings is 3. The summed E-state index contributed by atoms with van der Waals surface area (Å²) in [5.41, 5.74) is 11.3. The van der Waals surface area contributed by atoms with Gasteiger partial charge in [0, 0.05) is 16.4 Å². The van der Waals surface area contributed by atoms with Crippen molar-refractivity contribution >= 4 is 27.9 Å². The van der Waals surface area contributed by atoms with E-state index in [1.54, 1.807) is 24.3 Å². The molecule has 2 atom stereocenters. The largest absolute Gasteiger partial charge is 0.481 e. The predicted octanol–water partition coefficient (Wildman–Crippen LogP) is 4.69. The van der Waals surface area contributed by atoms with Crippen molar-refractivity contribution in [3.63, 3.8) is 0 Å². The van der Waals surface area contributed by atoms with E-state index >= 15 is 0 Å². The Labute approximate surface area is 189 Å². The monoisotopic (exact) mass is 479 g/mol. The van der Waals surface area contributed by atoms with Gasteiger partial charge in [-0.25, -0.2) is 0 Å². The van der Waals surface area contributed by atoms with Gasteiger partial charge in [0.25, 0.3) is 0 Å². The Kier molecular flexibility index (Phi) is 6.20. The molecule has 1 aliphatic rings. The summed E-state index contributed by atoms with van der Waals surface area (Å²) >= 11 is 3.37. The van der Waals surface area contributed by atoms with Crippen molar-refractivity contribution < 1.29 is 19.4 Å². The average molecular weight is 480 g/mol. The lowest BCUT2D eigenvalue weighted by molar-refractivity contribution is -0.146. The number of hydrogen-bond acceptors (Lipinski definition) is 4. The van der Waals surface area contributed by atoms with Gasteiger partial charge in [0.2, 0.25) is 0 Å². The van der Waals surface area contributed by atoms with Crippen LogP contribution in [0, 0.1) is 0 Å². The fourth-order valence-electron chi connectivity index (χ4n) is 4.24. The van der Waals surface area contributed by atoms with Crippen LogP contribution in [-0.2, 0) is 14.3 Å². The van der Waals surface area contributed by atoms with E-state index in [1.807, 2.05) is 24.3 Å². The predicted molar refractivity (Wildman–Crippen MR) is 122 cm³/mol. The van der Waals surface area contributed by atoms with Gasteiger partial charge >= 0.3 is 11.9 Å². The zero-order valence-electron chi connectivity index (χ0n) is 16.7. The van der Waals surface area contributed by atoms with E-state index in [0.717, 1.165) is 26.7 Å². The van der Waals surface area contributed by atoms with Crippen molar-refractivity contribution in [2.75, 3.05) is 6.61 Å². The van der Waals surface area contributed by atoms with Crippen LogP contribution < -0.4 is 5.73 Å². The van der Waals surface area contributed by atoms with Crippen LogP contribution in [0.4, 0.5) is 0 Å². The molecule has 0 aliphatic heterocycles. The molecule has 0 spiro atoms. The first-order chi connectivity index (χ1) is 15.0. The third-order valence-electron chi connectivity index (χ3n) is 5.68. The standard InChI is InChI=1S/C25H22BrNO4/c26-16-11-9-15(10-12-16)24(22(27)13-23(28)29)25(30)31-14-21-19-7-3-1-5-17(19)18-6-2-4-8-20(18)21/h1-12,21-22,24H,13-14,27H2,(H,28,29)/t22-,24+/m0/s1. The molecule has 158 valence electrons. The summed E-state index contributed by atoms with van der Waals surface area (Å²) in [5.74, 6) is -2.51. The molecule has 4 rings (SSSR count). The summed E-state index contributed by atoms with van der Waals surface area (Å²) in [6, 6.07) is 22.4. The molecule has 0 radical (unpaired) electrons. The SMILES string of the molecule is N[C@@H](CC(=O)O)[C@H](C(=O)OCC1c2ccccc2-c2ccccc21)c1ccc(Br)cc1. The lowest BCUT2D eigenvalue weighted by Crippen LogP contribution is -2.37. The van der Waals surface area contributed by atoms with Gasteiger partial charge in [-0.15, -0.1) is 0 Å². The molecule has 31 heavy (non-hydrogen) atoms. The second-order valence-electron chi connectivity index (χ2n) is 7.65. The van der Waals surface area contributed by atoms with E-state index in [4.69, 9.17) is 10.5 Å². The maximum Gasteiger partial charge on any atom is 0.315 e. The Bertz CT molecular complexity index is 1070. The Morgan fingerprint density at radius 2 is 1.48 bits per heavy atom. The molecule has 5 nitrogen and oxygen atoms in total. The highest BCUT2D eigenvalue weighted by Gasteiger charge is 2.33. The van der Waals surface area contributed by atoms with E-state index in [1.165, 1.54) is 0 Å². The number of hydrogen-bond donors (Lipinski definition) is 2. The number of carboxylic acid groups (broad SMARTS) is 1. The van der Waals surface area contributed by atoms with Gasteiger partial charge in [-0.05, 0) is 39.9 Å². The van der Waals surface area contributed by atoms with Crippen LogP contribution in [0.1, 0.15) is 34.9 Å². The zero-order valence-corrected chi connectivity index (χ0v) is 18.3. The number of ether oxygens (including phenoxy) is 1. The molecule has 3 aromatic carbocycles. The highest BCUT2D eigenvalue weighted by Crippen LogP contribution is 2.44. The quantitative estimate of drug-likeness (QED) is 0.479. The topological polar surface area (TPSA) is 89.6 Å². The summed E-state index contributed by atoms with van der Waals surface area (Å²) < 4.78 is 6.62. The number of fused-ring (bicyclic) bond motifs is 3.